The van der Waals surface area contributed by atoms with Gasteiger partial charge < -0.3 is 10.2 Å². The van der Waals surface area contributed by atoms with E-state index in [1.165, 1.54) is 6.92 Å². The molecule has 0 aromatic heterocycles. The second-order valence-corrected chi connectivity index (χ2v) is 3.51. The van der Waals surface area contributed by atoms with Gasteiger partial charge in [-0.25, -0.2) is 4.79 Å². The lowest BCUT2D eigenvalue weighted by molar-refractivity contribution is -0.196. The van der Waals surface area contributed by atoms with E-state index < -0.39 is 30.2 Å². The van der Waals surface area contributed by atoms with Gasteiger partial charge >= 0.3 is 5.97 Å². The minimum atomic E-state index is -0.886. The number of hydrogen-bond donors (Lipinski definition) is 1. The van der Waals surface area contributed by atoms with Crippen LogP contribution < -0.4 is 5.32 Å². The zero-order valence-electron chi connectivity index (χ0n) is 9.32. The molecule has 0 unspecified atom stereocenters. The van der Waals surface area contributed by atoms with Crippen molar-refractivity contribution in [1.29, 1.82) is 0 Å². The summed E-state index contributed by atoms with van der Waals surface area (Å²) >= 11 is 0. The Morgan fingerprint density at radius 3 is 2.35 bits per heavy atom. The number of carbonyl (C=O) groups excluding carboxylic acids is 4. The van der Waals surface area contributed by atoms with Gasteiger partial charge in [-0.3, -0.25) is 14.4 Å². The zero-order valence-corrected chi connectivity index (χ0v) is 9.32. The smallest absolute Gasteiger partial charge is 0.341 e. The van der Waals surface area contributed by atoms with Crippen molar-refractivity contribution < 1.29 is 24.0 Å². The van der Waals surface area contributed by atoms with E-state index in [1.807, 2.05) is 0 Å². The van der Waals surface area contributed by atoms with E-state index >= 15 is 0 Å². The topological polar surface area (TPSA) is 92.8 Å². The van der Waals surface area contributed by atoms with Gasteiger partial charge in [0.1, 0.15) is 6.54 Å². The summed E-state index contributed by atoms with van der Waals surface area (Å²) in [5.41, 5.74) is 0.242. The third kappa shape index (κ3) is 3.40. The lowest BCUT2D eigenvalue weighted by Gasteiger charge is -2.12. The summed E-state index contributed by atoms with van der Waals surface area (Å²) in [6.07, 6.45) is 0.0640. The molecular formula is C10H12N2O5. The van der Waals surface area contributed by atoms with Crippen molar-refractivity contribution in [2.45, 2.75) is 19.8 Å². The van der Waals surface area contributed by atoms with Crippen molar-refractivity contribution in [3.05, 3.63) is 12.2 Å². The molecule has 0 aromatic carbocycles. The van der Waals surface area contributed by atoms with Crippen molar-refractivity contribution in [2.75, 3.05) is 6.54 Å². The predicted octanol–water partition coefficient (Wildman–Crippen LogP) is -0.714. The Morgan fingerprint density at radius 2 is 1.88 bits per heavy atom. The van der Waals surface area contributed by atoms with Crippen LogP contribution in [0.4, 0.5) is 0 Å². The molecule has 3 amide bonds. The molecule has 0 aliphatic carbocycles. The van der Waals surface area contributed by atoms with Gasteiger partial charge in [-0.2, -0.15) is 0 Å². The van der Waals surface area contributed by atoms with Crippen LogP contribution in [-0.4, -0.2) is 35.3 Å². The summed E-state index contributed by atoms with van der Waals surface area (Å²) in [6, 6.07) is 0. The number of imide groups is 1. The van der Waals surface area contributed by atoms with Crippen molar-refractivity contribution in [2.24, 2.45) is 0 Å². The van der Waals surface area contributed by atoms with Crippen LogP contribution in [-0.2, 0) is 24.0 Å². The molecule has 7 heteroatoms. The molecule has 0 radical (unpaired) electrons. The number of hydroxylamine groups is 2. The Labute approximate surface area is 97.4 Å². The van der Waals surface area contributed by atoms with E-state index in [-0.39, 0.29) is 18.4 Å². The second kappa shape index (κ2) is 5.24. The maximum atomic E-state index is 11.2. The van der Waals surface area contributed by atoms with E-state index in [0.717, 1.165) is 0 Å². The SMILES string of the molecule is C=C(C)C(=O)NCC(=O)ON1C(=O)CCC1=O. The van der Waals surface area contributed by atoms with E-state index in [2.05, 4.69) is 16.7 Å². The van der Waals surface area contributed by atoms with Crippen LogP contribution in [0.2, 0.25) is 0 Å². The first-order valence-corrected chi connectivity index (χ1v) is 4.92. The first kappa shape index (κ1) is 12.9. The van der Waals surface area contributed by atoms with Gasteiger partial charge in [-0.1, -0.05) is 6.58 Å². The van der Waals surface area contributed by atoms with Crippen LogP contribution in [0.15, 0.2) is 12.2 Å². The Hall–Kier alpha value is -2.18. The Kier molecular flexibility index (Phi) is 3.97. The molecule has 1 rings (SSSR count). The Morgan fingerprint density at radius 1 is 1.35 bits per heavy atom. The fourth-order valence-electron chi connectivity index (χ4n) is 1.10. The van der Waals surface area contributed by atoms with Crippen molar-refractivity contribution >= 4 is 23.7 Å². The molecule has 1 N–H and O–H groups in total. The average Bonchev–Trinajstić information content (AvgIpc) is 2.57. The number of carbonyl (C=O) groups is 4. The molecule has 0 spiro atoms. The van der Waals surface area contributed by atoms with Crippen LogP contribution in [0.5, 0.6) is 0 Å². The molecule has 1 saturated heterocycles. The molecule has 7 nitrogen and oxygen atoms in total. The molecule has 1 aliphatic rings. The first-order valence-electron chi connectivity index (χ1n) is 4.92. The summed E-state index contributed by atoms with van der Waals surface area (Å²) in [4.78, 5) is 49.0. The van der Waals surface area contributed by atoms with Gasteiger partial charge in [0.25, 0.3) is 11.8 Å². The molecule has 1 fully saturated rings. The summed E-state index contributed by atoms with van der Waals surface area (Å²) in [5.74, 6) is -2.51. The molecule has 0 saturated carbocycles. The van der Waals surface area contributed by atoms with E-state index in [1.54, 1.807) is 0 Å². The highest BCUT2D eigenvalue weighted by Gasteiger charge is 2.32. The Balaban J connectivity index is 2.40. The standard InChI is InChI=1S/C10H12N2O5/c1-6(2)10(16)11-5-9(15)17-12-7(13)3-4-8(12)14/h1,3-5H2,2H3,(H,11,16). The fourth-order valence-corrected chi connectivity index (χ4v) is 1.10. The van der Waals surface area contributed by atoms with Crippen molar-refractivity contribution in [3.8, 4) is 0 Å². The summed E-state index contributed by atoms with van der Waals surface area (Å²) < 4.78 is 0. The van der Waals surface area contributed by atoms with Gasteiger partial charge in [-0.15, -0.1) is 5.06 Å². The van der Waals surface area contributed by atoms with Crippen molar-refractivity contribution in [1.82, 2.24) is 10.4 Å². The van der Waals surface area contributed by atoms with E-state index in [9.17, 15) is 19.2 Å². The van der Waals surface area contributed by atoms with Gasteiger partial charge in [0.2, 0.25) is 5.91 Å². The molecule has 92 valence electrons. The van der Waals surface area contributed by atoms with Gasteiger partial charge in [-0.05, 0) is 6.92 Å². The lowest BCUT2D eigenvalue weighted by atomic mass is 10.3. The largest absolute Gasteiger partial charge is 0.352 e. The highest BCUT2D eigenvalue weighted by molar-refractivity contribution is 6.01. The average molecular weight is 240 g/mol. The fraction of sp³-hybridized carbons (Fsp3) is 0.400. The highest BCUT2D eigenvalue weighted by Crippen LogP contribution is 2.11. The molecule has 0 aromatic rings. The van der Waals surface area contributed by atoms with Gasteiger partial charge in [0.15, 0.2) is 0 Å². The predicted molar refractivity (Wildman–Crippen MR) is 55.0 cm³/mol. The van der Waals surface area contributed by atoms with Crippen LogP contribution >= 0.6 is 0 Å². The third-order valence-electron chi connectivity index (χ3n) is 1.98. The summed E-state index contributed by atoms with van der Waals surface area (Å²) in [5, 5.41) is 2.65. The highest BCUT2D eigenvalue weighted by atomic mass is 16.7. The molecule has 17 heavy (non-hydrogen) atoms. The maximum Gasteiger partial charge on any atom is 0.352 e. The van der Waals surface area contributed by atoms with Crippen LogP contribution in [0.25, 0.3) is 0 Å². The summed E-state index contributed by atoms with van der Waals surface area (Å²) in [7, 11) is 0. The molecule has 1 aliphatic heterocycles. The normalized spacial score (nSPS) is 14.8. The molecule has 0 atom stereocenters. The second-order valence-electron chi connectivity index (χ2n) is 3.51. The van der Waals surface area contributed by atoms with Crippen LogP contribution in [0, 0.1) is 0 Å². The number of rotatable bonds is 4. The van der Waals surface area contributed by atoms with E-state index in [0.29, 0.717) is 5.06 Å². The number of hydrogen-bond acceptors (Lipinski definition) is 5. The molecule has 1 heterocycles. The maximum absolute atomic E-state index is 11.2. The Bertz CT molecular complexity index is 386. The van der Waals surface area contributed by atoms with Crippen LogP contribution in [0.1, 0.15) is 19.8 Å². The first-order chi connectivity index (χ1) is 7.91. The summed E-state index contributed by atoms with van der Waals surface area (Å²) in [6.45, 7) is 4.43. The van der Waals surface area contributed by atoms with E-state index in [4.69, 9.17) is 0 Å². The minimum absolute atomic E-state index is 0.0320. The van der Waals surface area contributed by atoms with Gasteiger partial charge in [0, 0.05) is 18.4 Å². The zero-order chi connectivity index (χ0) is 13.0. The minimum Gasteiger partial charge on any atom is -0.341 e. The lowest BCUT2D eigenvalue weighted by Crippen LogP contribution is -2.37. The molecule has 0 bridgehead atoms. The quantitative estimate of drug-likeness (QED) is 0.517. The van der Waals surface area contributed by atoms with Gasteiger partial charge in [0.05, 0.1) is 0 Å². The number of nitrogens with zero attached hydrogens (tertiary/aromatic N) is 1. The molecular weight excluding hydrogens is 228 g/mol. The number of amides is 3. The van der Waals surface area contributed by atoms with Crippen molar-refractivity contribution in [3.63, 3.8) is 0 Å². The monoisotopic (exact) mass is 240 g/mol. The third-order valence-corrected chi connectivity index (χ3v) is 1.98. The van der Waals surface area contributed by atoms with Crippen LogP contribution in [0.3, 0.4) is 0 Å². The number of nitrogens with one attached hydrogen (secondary N) is 1.